The number of nitrogens with two attached hydrogens (primary N) is 1. The molecule has 21 heavy (non-hydrogen) atoms. The first-order valence-electron chi connectivity index (χ1n) is 7.28. The lowest BCUT2D eigenvalue weighted by atomic mass is 9.82. The van der Waals surface area contributed by atoms with Gasteiger partial charge >= 0.3 is 5.97 Å². The second-order valence-corrected chi connectivity index (χ2v) is 5.65. The molecule has 1 aromatic rings. The zero-order valence-electron chi connectivity index (χ0n) is 12.6. The van der Waals surface area contributed by atoms with Gasteiger partial charge < -0.3 is 20.5 Å². The summed E-state index contributed by atoms with van der Waals surface area (Å²) < 4.78 is 10.4. The van der Waals surface area contributed by atoms with Gasteiger partial charge in [0.25, 0.3) is 0 Å². The van der Waals surface area contributed by atoms with Crippen LogP contribution in [0.4, 0.5) is 11.5 Å². The second kappa shape index (κ2) is 6.76. The van der Waals surface area contributed by atoms with Crippen molar-refractivity contribution in [1.82, 2.24) is 4.98 Å². The Morgan fingerprint density at radius 3 is 2.90 bits per heavy atom. The smallest absolute Gasteiger partial charge is 0.340 e. The highest BCUT2D eigenvalue weighted by molar-refractivity contribution is 5.95. The Hall–Kier alpha value is -1.82. The number of rotatable bonds is 5. The molecule has 1 saturated heterocycles. The van der Waals surface area contributed by atoms with Gasteiger partial charge in [-0.3, -0.25) is 0 Å². The number of pyridine rings is 1. The Kier molecular flexibility index (Phi) is 5.01. The Morgan fingerprint density at radius 2 is 2.24 bits per heavy atom. The molecule has 0 aromatic carbocycles. The van der Waals surface area contributed by atoms with Crippen molar-refractivity contribution in [3.63, 3.8) is 0 Å². The predicted octanol–water partition coefficient (Wildman–Crippen LogP) is 2.07. The molecule has 0 spiro atoms. The number of ether oxygens (including phenoxy) is 2. The number of nitrogens with one attached hydrogen (secondary N) is 1. The Morgan fingerprint density at radius 1 is 1.52 bits per heavy atom. The molecule has 116 valence electrons. The van der Waals surface area contributed by atoms with Crippen molar-refractivity contribution >= 4 is 17.5 Å². The zero-order valence-corrected chi connectivity index (χ0v) is 12.6. The van der Waals surface area contributed by atoms with Crippen molar-refractivity contribution in [3.05, 3.63) is 17.8 Å². The van der Waals surface area contributed by atoms with Crippen molar-refractivity contribution in [2.24, 2.45) is 5.41 Å². The lowest BCUT2D eigenvalue weighted by Crippen LogP contribution is -2.33. The van der Waals surface area contributed by atoms with Crippen LogP contribution < -0.4 is 11.1 Å². The van der Waals surface area contributed by atoms with Gasteiger partial charge in [0.05, 0.1) is 24.1 Å². The molecule has 6 heteroatoms. The standard InChI is InChI=1S/C15H23N3O3/c1-3-21-14(19)11-8-13(17-9-12(11)16)18-10-15(2)4-6-20-7-5-15/h8-9H,3-7,10,16H2,1-2H3,(H,17,18). The van der Waals surface area contributed by atoms with E-state index in [1.54, 1.807) is 13.0 Å². The van der Waals surface area contributed by atoms with Gasteiger partial charge in [0.2, 0.25) is 0 Å². The van der Waals surface area contributed by atoms with E-state index in [9.17, 15) is 4.79 Å². The molecule has 0 radical (unpaired) electrons. The molecule has 0 atom stereocenters. The van der Waals surface area contributed by atoms with Gasteiger partial charge in [0, 0.05) is 19.8 Å². The maximum atomic E-state index is 11.8. The Balaban J connectivity index is 2.03. The molecule has 0 unspecified atom stereocenters. The van der Waals surface area contributed by atoms with Crippen LogP contribution in [0.15, 0.2) is 12.3 Å². The molecule has 3 N–H and O–H groups in total. The minimum absolute atomic E-state index is 0.186. The summed E-state index contributed by atoms with van der Waals surface area (Å²) in [6.07, 6.45) is 3.51. The van der Waals surface area contributed by atoms with Gasteiger partial charge in [0.1, 0.15) is 5.82 Å². The number of carbonyl (C=O) groups is 1. The molecular formula is C15H23N3O3. The van der Waals surface area contributed by atoms with Crippen LogP contribution in [0.3, 0.4) is 0 Å². The summed E-state index contributed by atoms with van der Waals surface area (Å²) in [4.78, 5) is 16.0. The molecule has 1 aliphatic heterocycles. The maximum Gasteiger partial charge on any atom is 0.340 e. The molecule has 0 saturated carbocycles. The van der Waals surface area contributed by atoms with Crippen LogP contribution in [0.2, 0.25) is 0 Å². The van der Waals surface area contributed by atoms with Crippen LogP contribution in [-0.2, 0) is 9.47 Å². The average molecular weight is 293 g/mol. The number of anilines is 2. The number of carbonyl (C=O) groups excluding carboxylic acids is 1. The van der Waals surface area contributed by atoms with Crippen molar-refractivity contribution in [2.45, 2.75) is 26.7 Å². The quantitative estimate of drug-likeness (QED) is 0.808. The molecule has 2 rings (SSSR count). The Bertz CT molecular complexity index is 499. The highest BCUT2D eigenvalue weighted by Crippen LogP contribution is 2.30. The summed E-state index contributed by atoms with van der Waals surface area (Å²) in [6, 6.07) is 1.65. The van der Waals surface area contributed by atoms with Crippen molar-refractivity contribution in [2.75, 3.05) is 37.4 Å². The fourth-order valence-electron chi connectivity index (χ4n) is 2.29. The van der Waals surface area contributed by atoms with E-state index in [0.29, 0.717) is 23.7 Å². The van der Waals surface area contributed by atoms with Crippen LogP contribution in [0.5, 0.6) is 0 Å². The van der Waals surface area contributed by atoms with E-state index in [1.165, 1.54) is 6.20 Å². The van der Waals surface area contributed by atoms with Crippen LogP contribution >= 0.6 is 0 Å². The summed E-state index contributed by atoms with van der Waals surface area (Å²) in [7, 11) is 0. The number of nitrogens with zero attached hydrogens (tertiary/aromatic N) is 1. The number of hydrogen-bond donors (Lipinski definition) is 2. The van der Waals surface area contributed by atoms with E-state index in [4.69, 9.17) is 15.2 Å². The minimum Gasteiger partial charge on any atom is -0.462 e. The van der Waals surface area contributed by atoms with Crippen LogP contribution in [0, 0.1) is 5.41 Å². The van der Waals surface area contributed by atoms with E-state index in [1.807, 2.05) is 0 Å². The van der Waals surface area contributed by atoms with Crippen LogP contribution in [0.25, 0.3) is 0 Å². The molecule has 1 aromatic heterocycles. The third-order valence-electron chi connectivity index (χ3n) is 3.83. The fraction of sp³-hybridized carbons (Fsp3) is 0.600. The number of nitrogen functional groups attached to an aromatic ring is 1. The SMILES string of the molecule is CCOC(=O)c1cc(NCC2(C)CCOCC2)ncc1N. The van der Waals surface area contributed by atoms with Crippen molar-refractivity contribution in [3.8, 4) is 0 Å². The highest BCUT2D eigenvalue weighted by Gasteiger charge is 2.27. The monoisotopic (exact) mass is 293 g/mol. The maximum absolute atomic E-state index is 11.8. The normalized spacial score (nSPS) is 17.2. The van der Waals surface area contributed by atoms with Crippen LogP contribution in [0.1, 0.15) is 37.0 Å². The summed E-state index contributed by atoms with van der Waals surface area (Å²) >= 11 is 0. The molecule has 1 fully saturated rings. The van der Waals surface area contributed by atoms with Gasteiger partial charge in [0.15, 0.2) is 0 Å². The molecule has 0 bridgehead atoms. The topological polar surface area (TPSA) is 86.5 Å². The van der Waals surface area contributed by atoms with Gasteiger partial charge in [-0.05, 0) is 31.2 Å². The van der Waals surface area contributed by atoms with Crippen molar-refractivity contribution in [1.29, 1.82) is 0 Å². The highest BCUT2D eigenvalue weighted by atomic mass is 16.5. The van der Waals surface area contributed by atoms with Crippen LogP contribution in [-0.4, -0.2) is 37.3 Å². The zero-order chi connectivity index (χ0) is 15.3. The summed E-state index contributed by atoms with van der Waals surface area (Å²) in [6.45, 7) is 6.69. The summed E-state index contributed by atoms with van der Waals surface area (Å²) in [5, 5.41) is 3.29. The molecule has 0 aliphatic carbocycles. The van der Waals surface area contributed by atoms with Gasteiger partial charge in [-0.2, -0.15) is 0 Å². The molecule has 2 heterocycles. The molecule has 0 amide bonds. The molecular weight excluding hydrogens is 270 g/mol. The lowest BCUT2D eigenvalue weighted by molar-refractivity contribution is 0.0300. The van der Waals surface area contributed by atoms with E-state index in [0.717, 1.165) is 32.6 Å². The third-order valence-corrected chi connectivity index (χ3v) is 3.83. The summed E-state index contributed by atoms with van der Waals surface area (Å²) in [5.41, 5.74) is 6.65. The van der Waals surface area contributed by atoms with E-state index in [-0.39, 0.29) is 5.41 Å². The van der Waals surface area contributed by atoms with Gasteiger partial charge in [-0.25, -0.2) is 9.78 Å². The Labute approximate surface area is 125 Å². The number of hydrogen-bond acceptors (Lipinski definition) is 6. The largest absolute Gasteiger partial charge is 0.462 e. The van der Waals surface area contributed by atoms with E-state index in [2.05, 4.69) is 17.2 Å². The predicted molar refractivity (Wildman–Crippen MR) is 81.3 cm³/mol. The number of esters is 1. The first-order chi connectivity index (χ1) is 10.0. The average Bonchev–Trinajstić information content (AvgIpc) is 2.47. The molecule has 1 aliphatic rings. The van der Waals surface area contributed by atoms with Gasteiger partial charge in [-0.1, -0.05) is 6.92 Å². The first-order valence-corrected chi connectivity index (χ1v) is 7.28. The number of aromatic nitrogens is 1. The second-order valence-electron chi connectivity index (χ2n) is 5.65. The van der Waals surface area contributed by atoms with Gasteiger partial charge in [-0.15, -0.1) is 0 Å². The first kappa shape index (κ1) is 15.6. The minimum atomic E-state index is -0.419. The summed E-state index contributed by atoms with van der Waals surface area (Å²) in [5.74, 6) is 0.220. The lowest BCUT2D eigenvalue weighted by Gasteiger charge is -2.33. The fourth-order valence-corrected chi connectivity index (χ4v) is 2.29. The third kappa shape index (κ3) is 4.07. The van der Waals surface area contributed by atoms with Crippen molar-refractivity contribution < 1.29 is 14.3 Å². The van der Waals surface area contributed by atoms with E-state index >= 15 is 0 Å². The molecule has 6 nitrogen and oxygen atoms in total. The van der Waals surface area contributed by atoms with E-state index < -0.39 is 5.97 Å².